The van der Waals surface area contributed by atoms with E-state index in [1.165, 1.54) is 4.57 Å². The third kappa shape index (κ3) is 5.69. The third-order valence-electron chi connectivity index (χ3n) is 4.82. The Labute approximate surface area is 202 Å². The van der Waals surface area contributed by atoms with Crippen LogP contribution >= 0.6 is 7.82 Å². The van der Waals surface area contributed by atoms with Crippen molar-refractivity contribution in [3.8, 4) is 11.5 Å². The molecule has 1 aromatic rings. The third-order valence-corrected chi connectivity index (χ3v) is 5.37. The van der Waals surface area contributed by atoms with Crippen LogP contribution in [0.4, 0.5) is 0 Å². The molecule has 32 heavy (non-hydrogen) atoms. The van der Waals surface area contributed by atoms with Gasteiger partial charge in [0.2, 0.25) is 0 Å². The number of hydrogen-bond acceptors (Lipinski definition) is 9. The van der Waals surface area contributed by atoms with Gasteiger partial charge in [0, 0.05) is 0 Å². The number of rotatable bonds is 7. The molecule has 6 N–H and O–H groups in total. The Morgan fingerprint density at radius 1 is 1.16 bits per heavy atom. The second-order valence-corrected chi connectivity index (χ2v) is 8.26. The molecule has 0 aliphatic carbocycles. The molecular weight excluding hydrogens is 458 g/mol. The van der Waals surface area contributed by atoms with Crippen molar-refractivity contribution in [2.75, 3.05) is 6.61 Å². The van der Waals surface area contributed by atoms with Crippen molar-refractivity contribution in [2.45, 2.75) is 38.7 Å². The molecule has 0 saturated carbocycles. The molecule has 0 spiro atoms. The van der Waals surface area contributed by atoms with E-state index in [1.807, 2.05) is 11.9 Å². The van der Waals surface area contributed by atoms with Gasteiger partial charge in [0.05, 0.1) is 24.2 Å². The molecule has 0 amide bonds. The number of hydrogen-bond donors (Lipinski definition) is 6. The standard InChI is InChI=1S/C17H21N4O9P.Na.H/c1-7-3-9-10(4-8(7)2)21(15-13(18-9)16(25)20-17(26)19-15)5-12(30-31(27,28)29)14(24)11(23)6-22;;/h3-4,11-12,14,22-24H,5-6H2,1-2H3,(H,20,25,26)(H2,27,28,29);;/t11-,12+,14-;;/m0../s1. The topological polar surface area (TPSA) is 208 Å². The number of phosphoric acid groups is 1. The van der Waals surface area contributed by atoms with E-state index in [2.05, 4.69) is 14.5 Å². The van der Waals surface area contributed by atoms with Crippen LogP contribution in [0.25, 0.3) is 22.6 Å². The van der Waals surface area contributed by atoms with Crippen LogP contribution in [-0.4, -0.2) is 99.1 Å². The molecule has 15 heteroatoms. The summed E-state index contributed by atoms with van der Waals surface area (Å²) in [7, 11) is -5.15. The molecule has 0 bridgehead atoms. The van der Waals surface area contributed by atoms with Crippen molar-refractivity contribution in [1.29, 1.82) is 0 Å². The molecule has 2 heterocycles. The van der Waals surface area contributed by atoms with Gasteiger partial charge in [0.15, 0.2) is 11.5 Å². The van der Waals surface area contributed by atoms with Crippen molar-refractivity contribution in [1.82, 2.24) is 19.5 Å². The van der Waals surface area contributed by atoms with Crippen molar-refractivity contribution >= 4 is 48.4 Å². The second kappa shape index (κ2) is 10.2. The normalized spacial score (nSPS) is 14.8. The quantitative estimate of drug-likeness (QED) is 0.121. The Morgan fingerprint density at radius 2 is 1.78 bits per heavy atom. The van der Waals surface area contributed by atoms with E-state index < -0.39 is 50.5 Å². The van der Waals surface area contributed by atoms with E-state index in [1.54, 1.807) is 19.1 Å². The summed E-state index contributed by atoms with van der Waals surface area (Å²) in [5.74, 6) is -0.213. The fourth-order valence-corrected chi connectivity index (χ4v) is 3.69. The van der Waals surface area contributed by atoms with Crippen LogP contribution in [-0.2, 0) is 15.6 Å². The number of phosphoric ester groups is 1. The summed E-state index contributed by atoms with van der Waals surface area (Å²) in [5, 5.41) is 29.2. The SMILES string of the molecule is Cc1cc2nc3c(=O)[nH]c(=O)nc-3n(C[C@@H](OP(=O)(O)O)[C@@H](O)[C@@H](O)CO)c2cc1C.[NaH]. The van der Waals surface area contributed by atoms with Gasteiger partial charge in [-0.15, -0.1) is 0 Å². The second-order valence-electron chi connectivity index (χ2n) is 7.07. The zero-order valence-corrected chi connectivity index (χ0v) is 17.4. The van der Waals surface area contributed by atoms with Gasteiger partial charge in [-0.25, -0.2) is 14.3 Å². The van der Waals surface area contributed by atoms with Gasteiger partial charge in [-0.05, 0) is 37.1 Å². The zero-order chi connectivity index (χ0) is 23.1. The van der Waals surface area contributed by atoms with Crippen LogP contribution in [0.2, 0.25) is 0 Å². The molecule has 2 aliphatic rings. The van der Waals surface area contributed by atoms with Crippen molar-refractivity contribution < 1.29 is 34.2 Å². The predicted octanol–water partition coefficient (Wildman–Crippen LogP) is -2.26. The molecule has 3 atom stereocenters. The first-order valence-corrected chi connectivity index (χ1v) is 10.6. The Balaban J connectivity index is 0.00000363. The Morgan fingerprint density at radius 3 is 2.38 bits per heavy atom. The number of fused-ring (bicyclic) bond motifs is 2. The summed E-state index contributed by atoms with van der Waals surface area (Å²) < 4.78 is 17.4. The molecule has 13 nitrogen and oxygen atoms in total. The number of nitrogens with zero attached hydrogens (tertiary/aromatic N) is 3. The van der Waals surface area contributed by atoms with E-state index in [0.29, 0.717) is 11.0 Å². The Bertz CT molecular complexity index is 1260. The van der Waals surface area contributed by atoms with Gasteiger partial charge in [-0.3, -0.25) is 14.3 Å². The van der Waals surface area contributed by atoms with Crippen molar-refractivity contribution in [3.05, 3.63) is 44.1 Å². The maximum atomic E-state index is 12.3. The fourth-order valence-electron chi connectivity index (χ4n) is 3.15. The summed E-state index contributed by atoms with van der Waals surface area (Å²) in [6, 6.07) is 3.33. The van der Waals surface area contributed by atoms with Crippen LogP contribution in [0.5, 0.6) is 0 Å². The van der Waals surface area contributed by atoms with Gasteiger partial charge in [0.1, 0.15) is 18.3 Å². The molecule has 0 fully saturated rings. The summed E-state index contributed by atoms with van der Waals surface area (Å²) in [5.41, 5.74) is 0.272. The van der Waals surface area contributed by atoms with Crippen molar-refractivity contribution in [2.24, 2.45) is 0 Å². The Kier molecular flexibility index (Phi) is 8.51. The van der Waals surface area contributed by atoms with Gasteiger partial charge in [-0.2, -0.15) is 4.98 Å². The zero-order valence-electron chi connectivity index (χ0n) is 16.5. The van der Waals surface area contributed by atoms with Gasteiger partial charge in [-0.1, -0.05) is 0 Å². The van der Waals surface area contributed by atoms with E-state index >= 15 is 0 Å². The number of aromatic amines is 1. The van der Waals surface area contributed by atoms with Gasteiger partial charge >= 0.3 is 43.1 Å². The average molecular weight is 480 g/mol. The van der Waals surface area contributed by atoms with Gasteiger partial charge < -0.3 is 29.7 Å². The van der Waals surface area contributed by atoms with E-state index in [9.17, 15) is 34.2 Å². The van der Waals surface area contributed by atoms with Crippen LogP contribution in [0.3, 0.4) is 0 Å². The first-order chi connectivity index (χ1) is 14.4. The number of aromatic nitrogens is 4. The summed E-state index contributed by atoms with van der Waals surface area (Å²) in [6.07, 6.45) is -5.46. The maximum absolute atomic E-state index is 12.3. The number of aliphatic hydroxyl groups is 3. The van der Waals surface area contributed by atoms with Gasteiger partial charge in [0.25, 0.3) is 5.56 Å². The van der Waals surface area contributed by atoms with E-state index in [-0.39, 0.29) is 41.1 Å². The van der Waals surface area contributed by atoms with Crippen LogP contribution in [0.1, 0.15) is 11.1 Å². The molecule has 0 unspecified atom stereocenters. The van der Waals surface area contributed by atoms with Crippen LogP contribution < -0.4 is 11.2 Å². The number of H-pyrrole nitrogens is 1. The first-order valence-electron chi connectivity index (χ1n) is 9.04. The monoisotopic (exact) mass is 480 g/mol. The van der Waals surface area contributed by atoms with E-state index in [4.69, 9.17) is 5.11 Å². The van der Waals surface area contributed by atoms with Crippen molar-refractivity contribution in [3.63, 3.8) is 0 Å². The fraction of sp³-hybridized carbons (Fsp3) is 0.412. The summed E-state index contributed by atoms with van der Waals surface area (Å²) in [6.45, 7) is 2.15. The average Bonchev–Trinajstić information content (AvgIpc) is 2.67. The Hall–Kier alpha value is -1.51. The number of nitrogens with one attached hydrogen (secondary N) is 1. The number of aryl methyl sites for hydroxylation is 2. The van der Waals surface area contributed by atoms with Crippen LogP contribution in [0.15, 0.2) is 21.7 Å². The summed E-state index contributed by atoms with van der Waals surface area (Å²) >= 11 is 0. The minimum atomic E-state index is -5.15. The molecule has 0 radical (unpaired) electrons. The molecule has 3 rings (SSSR count). The molecule has 0 aromatic heterocycles. The molecule has 0 saturated heterocycles. The number of aliphatic hydroxyl groups excluding tert-OH is 3. The molecule has 1 aromatic carbocycles. The predicted molar refractivity (Wildman–Crippen MR) is 114 cm³/mol. The van der Waals surface area contributed by atoms with Crippen LogP contribution in [0, 0.1) is 13.8 Å². The first kappa shape index (κ1) is 26.7. The molecular formula is C17H22N4NaO9P. The molecule has 170 valence electrons. The van der Waals surface area contributed by atoms with E-state index in [0.717, 1.165) is 11.1 Å². The summed E-state index contributed by atoms with van der Waals surface area (Å²) in [4.78, 5) is 52.6. The molecule has 2 aliphatic heterocycles. The minimum absolute atomic E-state index is 0. The number of benzene rings is 1.